The number of benzene rings is 1. The fourth-order valence-electron chi connectivity index (χ4n) is 1.69. The van der Waals surface area contributed by atoms with Crippen LogP contribution in [0.3, 0.4) is 0 Å². The van der Waals surface area contributed by atoms with E-state index in [1.165, 1.54) is 0 Å². The van der Waals surface area contributed by atoms with Gasteiger partial charge < -0.3 is 14.4 Å². The molecule has 2 aromatic rings. The minimum absolute atomic E-state index is 0.364. The van der Waals surface area contributed by atoms with Gasteiger partial charge in [0.2, 0.25) is 0 Å². The molecule has 0 spiro atoms. The first-order chi connectivity index (χ1) is 7.81. The molecular formula is C12H16N2O2. The van der Waals surface area contributed by atoms with Crippen molar-refractivity contribution in [2.24, 2.45) is 0 Å². The maximum absolute atomic E-state index is 9.74. The molecule has 0 saturated carbocycles. The van der Waals surface area contributed by atoms with Gasteiger partial charge >= 0.3 is 0 Å². The van der Waals surface area contributed by atoms with E-state index in [-0.39, 0.29) is 0 Å². The molecule has 1 heterocycles. The van der Waals surface area contributed by atoms with Crippen molar-refractivity contribution >= 4 is 11.0 Å². The van der Waals surface area contributed by atoms with E-state index < -0.39 is 6.10 Å². The number of aromatic nitrogens is 2. The smallest absolute Gasteiger partial charge is 0.0959 e. The van der Waals surface area contributed by atoms with Crippen molar-refractivity contribution in [3.05, 3.63) is 30.6 Å². The zero-order valence-electron chi connectivity index (χ0n) is 9.34. The van der Waals surface area contributed by atoms with E-state index in [9.17, 15) is 5.11 Å². The van der Waals surface area contributed by atoms with Crippen molar-refractivity contribution < 1.29 is 9.84 Å². The third-order valence-electron chi connectivity index (χ3n) is 2.45. The molecule has 0 amide bonds. The Hall–Kier alpha value is -1.39. The highest BCUT2D eigenvalue weighted by molar-refractivity contribution is 5.74. The van der Waals surface area contributed by atoms with Gasteiger partial charge in [0.25, 0.3) is 0 Å². The number of aliphatic hydroxyl groups is 1. The van der Waals surface area contributed by atoms with Gasteiger partial charge in [0.15, 0.2) is 0 Å². The molecule has 86 valence electrons. The van der Waals surface area contributed by atoms with E-state index in [4.69, 9.17) is 4.74 Å². The second-order valence-electron chi connectivity index (χ2n) is 3.70. The molecule has 2 rings (SSSR count). The number of hydrogen-bond donors (Lipinski definition) is 1. The third kappa shape index (κ3) is 2.40. The van der Waals surface area contributed by atoms with Crippen molar-refractivity contribution in [3.63, 3.8) is 0 Å². The van der Waals surface area contributed by atoms with Gasteiger partial charge in [0, 0.05) is 6.61 Å². The number of aliphatic hydroxyl groups excluding tert-OH is 1. The van der Waals surface area contributed by atoms with Crippen LogP contribution in [0.2, 0.25) is 0 Å². The average Bonchev–Trinajstić information content (AvgIpc) is 2.70. The van der Waals surface area contributed by atoms with Gasteiger partial charge in [-0.05, 0) is 19.1 Å². The van der Waals surface area contributed by atoms with Crippen LogP contribution in [0.15, 0.2) is 30.6 Å². The summed E-state index contributed by atoms with van der Waals surface area (Å²) >= 11 is 0. The highest BCUT2D eigenvalue weighted by Gasteiger charge is 2.07. The molecule has 16 heavy (non-hydrogen) atoms. The number of imidazole rings is 1. The van der Waals surface area contributed by atoms with E-state index in [1.54, 1.807) is 6.33 Å². The summed E-state index contributed by atoms with van der Waals surface area (Å²) in [6, 6.07) is 7.88. The van der Waals surface area contributed by atoms with Crippen molar-refractivity contribution in [1.29, 1.82) is 0 Å². The van der Waals surface area contributed by atoms with Crippen molar-refractivity contribution in [1.82, 2.24) is 9.55 Å². The lowest BCUT2D eigenvalue weighted by Gasteiger charge is -2.11. The molecule has 1 aromatic carbocycles. The molecule has 0 aliphatic carbocycles. The third-order valence-corrected chi connectivity index (χ3v) is 2.45. The van der Waals surface area contributed by atoms with Crippen LogP contribution in [0.5, 0.6) is 0 Å². The highest BCUT2D eigenvalue weighted by atomic mass is 16.5. The predicted octanol–water partition coefficient (Wildman–Crippen LogP) is 1.43. The molecule has 0 bridgehead atoms. The zero-order valence-corrected chi connectivity index (χ0v) is 9.34. The Morgan fingerprint density at radius 2 is 2.25 bits per heavy atom. The maximum Gasteiger partial charge on any atom is 0.0959 e. The molecule has 0 fully saturated rings. The number of nitrogens with zero attached hydrogens (tertiary/aromatic N) is 2. The van der Waals surface area contributed by atoms with E-state index in [0.29, 0.717) is 19.8 Å². The van der Waals surface area contributed by atoms with Gasteiger partial charge in [-0.25, -0.2) is 4.98 Å². The molecule has 1 unspecified atom stereocenters. The van der Waals surface area contributed by atoms with Crippen LogP contribution in [-0.4, -0.2) is 34.0 Å². The monoisotopic (exact) mass is 220 g/mol. The van der Waals surface area contributed by atoms with Crippen molar-refractivity contribution in [2.45, 2.75) is 19.6 Å². The maximum atomic E-state index is 9.74. The van der Waals surface area contributed by atoms with E-state index in [2.05, 4.69) is 4.98 Å². The standard InChI is InChI=1S/C12H16N2O2/c1-2-16-8-10(15)7-14-9-13-11-5-3-4-6-12(11)14/h3-6,9-10,15H,2,7-8H2,1H3. The van der Waals surface area contributed by atoms with Gasteiger partial charge in [0.1, 0.15) is 0 Å². The Morgan fingerprint density at radius 3 is 3.06 bits per heavy atom. The topological polar surface area (TPSA) is 47.3 Å². The van der Waals surface area contributed by atoms with E-state index in [1.807, 2.05) is 35.8 Å². The first kappa shape index (κ1) is 11.1. The molecule has 0 aliphatic heterocycles. The fraction of sp³-hybridized carbons (Fsp3) is 0.417. The van der Waals surface area contributed by atoms with Crippen LogP contribution in [0.25, 0.3) is 11.0 Å². The zero-order chi connectivity index (χ0) is 11.4. The molecule has 1 atom stereocenters. The highest BCUT2D eigenvalue weighted by Crippen LogP contribution is 2.12. The lowest BCUT2D eigenvalue weighted by atomic mass is 10.3. The number of hydrogen-bond acceptors (Lipinski definition) is 3. The van der Waals surface area contributed by atoms with Crippen LogP contribution in [0.4, 0.5) is 0 Å². The summed E-state index contributed by atoms with van der Waals surface area (Å²) in [5.41, 5.74) is 1.99. The number of rotatable bonds is 5. The Labute approximate surface area is 94.5 Å². The van der Waals surface area contributed by atoms with Gasteiger partial charge in [-0.1, -0.05) is 12.1 Å². The number of fused-ring (bicyclic) bond motifs is 1. The van der Waals surface area contributed by atoms with Crippen LogP contribution in [0.1, 0.15) is 6.92 Å². The summed E-state index contributed by atoms with van der Waals surface area (Å²) in [4.78, 5) is 4.26. The van der Waals surface area contributed by atoms with Gasteiger partial charge in [-0.3, -0.25) is 0 Å². The second kappa shape index (κ2) is 5.09. The Kier molecular flexibility index (Phi) is 3.54. The minimum atomic E-state index is -0.488. The van der Waals surface area contributed by atoms with E-state index >= 15 is 0 Å². The number of ether oxygens (including phenoxy) is 1. The van der Waals surface area contributed by atoms with Crippen LogP contribution < -0.4 is 0 Å². The summed E-state index contributed by atoms with van der Waals surface area (Å²) < 4.78 is 7.12. The van der Waals surface area contributed by atoms with Crippen molar-refractivity contribution in [2.75, 3.05) is 13.2 Å². The molecule has 0 radical (unpaired) electrons. The predicted molar refractivity (Wildman–Crippen MR) is 62.2 cm³/mol. The molecule has 4 nitrogen and oxygen atoms in total. The van der Waals surface area contributed by atoms with Gasteiger partial charge in [-0.2, -0.15) is 0 Å². The van der Waals surface area contributed by atoms with Crippen molar-refractivity contribution in [3.8, 4) is 0 Å². The molecular weight excluding hydrogens is 204 g/mol. The Balaban J connectivity index is 2.09. The lowest BCUT2D eigenvalue weighted by molar-refractivity contribution is 0.0341. The first-order valence-corrected chi connectivity index (χ1v) is 5.47. The summed E-state index contributed by atoms with van der Waals surface area (Å²) in [6.45, 7) is 3.42. The summed E-state index contributed by atoms with van der Waals surface area (Å²) in [7, 11) is 0. The minimum Gasteiger partial charge on any atom is -0.389 e. The first-order valence-electron chi connectivity index (χ1n) is 5.47. The molecule has 0 saturated heterocycles. The lowest BCUT2D eigenvalue weighted by Crippen LogP contribution is -2.21. The largest absolute Gasteiger partial charge is 0.389 e. The molecule has 1 N–H and O–H groups in total. The normalized spacial score (nSPS) is 13.1. The summed E-state index contributed by atoms with van der Waals surface area (Å²) in [6.07, 6.45) is 1.26. The van der Waals surface area contributed by atoms with E-state index in [0.717, 1.165) is 11.0 Å². The van der Waals surface area contributed by atoms with Gasteiger partial charge in [0.05, 0.1) is 36.6 Å². The number of para-hydroxylation sites is 2. The SMILES string of the molecule is CCOCC(O)Cn1cnc2ccccc21. The quantitative estimate of drug-likeness (QED) is 0.829. The Morgan fingerprint density at radius 1 is 1.44 bits per heavy atom. The average molecular weight is 220 g/mol. The molecule has 1 aromatic heterocycles. The second-order valence-corrected chi connectivity index (χ2v) is 3.70. The van der Waals surface area contributed by atoms with Crippen LogP contribution in [0, 0.1) is 0 Å². The Bertz CT molecular complexity index is 453. The molecule has 4 heteroatoms. The summed E-state index contributed by atoms with van der Waals surface area (Å²) in [5.74, 6) is 0. The summed E-state index contributed by atoms with van der Waals surface area (Å²) in [5, 5.41) is 9.74. The van der Waals surface area contributed by atoms with Crippen LogP contribution >= 0.6 is 0 Å². The van der Waals surface area contributed by atoms with Gasteiger partial charge in [-0.15, -0.1) is 0 Å². The fourth-order valence-corrected chi connectivity index (χ4v) is 1.69. The van der Waals surface area contributed by atoms with Crippen LogP contribution in [-0.2, 0) is 11.3 Å². The molecule has 0 aliphatic rings.